The summed E-state index contributed by atoms with van der Waals surface area (Å²) in [4.78, 5) is 2.29. The van der Waals surface area contributed by atoms with E-state index in [0.717, 1.165) is 18.7 Å². The van der Waals surface area contributed by atoms with Gasteiger partial charge in [0.1, 0.15) is 5.84 Å². The zero-order chi connectivity index (χ0) is 12.7. The highest BCUT2D eigenvalue weighted by Gasteiger charge is 2.02. The van der Waals surface area contributed by atoms with Crippen molar-refractivity contribution in [2.75, 3.05) is 25.1 Å². The first kappa shape index (κ1) is 14.1. The topological polar surface area (TPSA) is 53.1 Å². The minimum Gasteiger partial charge on any atom is -0.384 e. The standard InChI is InChI=1S/C13H21N3S/c1-3-17-8-7-16(2)10-11-5-4-6-12(9-11)13(14)15/h4-6,9H,3,7-8,10H2,1-2H3,(H3,14,15). The van der Waals surface area contributed by atoms with Crippen molar-refractivity contribution in [3.8, 4) is 0 Å². The van der Waals surface area contributed by atoms with Gasteiger partial charge in [0, 0.05) is 24.4 Å². The Hall–Kier alpha value is -1.00. The van der Waals surface area contributed by atoms with Gasteiger partial charge in [0.2, 0.25) is 0 Å². The number of amidine groups is 1. The molecule has 0 heterocycles. The first-order valence-corrected chi connectivity index (χ1v) is 6.98. The lowest BCUT2D eigenvalue weighted by Crippen LogP contribution is -2.21. The summed E-state index contributed by atoms with van der Waals surface area (Å²) in [5, 5.41) is 7.41. The Bertz CT molecular complexity index is 365. The van der Waals surface area contributed by atoms with E-state index in [2.05, 4.69) is 24.9 Å². The molecule has 0 aliphatic heterocycles. The van der Waals surface area contributed by atoms with Crippen LogP contribution in [0.15, 0.2) is 24.3 Å². The molecule has 0 bridgehead atoms. The molecule has 1 aromatic rings. The van der Waals surface area contributed by atoms with Crippen LogP contribution in [0.25, 0.3) is 0 Å². The maximum absolute atomic E-state index is 7.41. The van der Waals surface area contributed by atoms with Crippen molar-refractivity contribution >= 4 is 17.6 Å². The maximum atomic E-state index is 7.41. The number of nitrogens with one attached hydrogen (secondary N) is 1. The molecular weight excluding hydrogens is 230 g/mol. The Balaban J connectivity index is 2.50. The summed E-state index contributed by atoms with van der Waals surface area (Å²) in [5.41, 5.74) is 7.49. The first-order chi connectivity index (χ1) is 8.13. The molecule has 3 N–H and O–H groups in total. The van der Waals surface area contributed by atoms with Gasteiger partial charge >= 0.3 is 0 Å². The highest BCUT2D eigenvalue weighted by Crippen LogP contribution is 2.08. The number of nitrogens with zero attached hydrogens (tertiary/aromatic N) is 1. The molecule has 3 nitrogen and oxygen atoms in total. The molecule has 0 saturated carbocycles. The monoisotopic (exact) mass is 251 g/mol. The number of hydrogen-bond acceptors (Lipinski definition) is 3. The summed E-state index contributed by atoms with van der Waals surface area (Å²) in [5.74, 6) is 2.48. The minimum atomic E-state index is 0.135. The molecule has 0 radical (unpaired) electrons. The number of nitrogens with two attached hydrogens (primary N) is 1. The van der Waals surface area contributed by atoms with Crippen LogP contribution in [0.4, 0.5) is 0 Å². The molecule has 0 aromatic heterocycles. The molecule has 17 heavy (non-hydrogen) atoms. The summed E-state index contributed by atoms with van der Waals surface area (Å²) in [6, 6.07) is 7.90. The third-order valence-corrected chi connectivity index (χ3v) is 3.39. The molecular formula is C13H21N3S. The van der Waals surface area contributed by atoms with Gasteiger partial charge in [0.15, 0.2) is 0 Å². The van der Waals surface area contributed by atoms with E-state index >= 15 is 0 Å². The van der Waals surface area contributed by atoms with Crippen LogP contribution in [0.3, 0.4) is 0 Å². The summed E-state index contributed by atoms with van der Waals surface area (Å²) >= 11 is 1.96. The predicted molar refractivity (Wildman–Crippen MR) is 76.8 cm³/mol. The van der Waals surface area contributed by atoms with Gasteiger partial charge in [0.05, 0.1) is 0 Å². The maximum Gasteiger partial charge on any atom is 0.122 e. The lowest BCUT2D eigenvalue weighted by Gasteiger charge is -2.16. The van der Waals surface area contributed by atoms with E-state index in [9.17, 15) is 0 Å². The fourth-order valence-electron chi connectivity index (χ4n) is 1.59. The second-order valence-corrected chi connectivity index (χ2v) is 5.44. The molecule has 0 amide bonds. The Labute approximate surface area is 108 Å². The van der Waals surface area contributed by atoms with Gasteiger partial charge < -0.3 is 10.6 Å². The second kappa shape index (κ2) is 7.35. The quantitative estimate of drug-likeness (QED) is 0.443. The van der Waals surface area contributed by atoms with Crippen LogP contribution in [0, 0.1) is 5.41 Å². The van der Waals surface area contributed by atoms with Crippen LogP contribution >= 0.6 is 11.8 Å². The largest absolute Gasteiger partial charge is 0.384 e. The van der Waals surface area contributed by atoms with E-state index in [4.69, 9.17) is 11.1 Å². The van der Waals surface area contributed by atoms with Gasteiger partial charge in [-0.2, -0.15) is 11.8 Å². The number of rotatable bonds is 7. The molecule has 0 aliphatic carbocycles. The van der Waals surface area contributed by atoms with Crippen LogP contribution in [-0.4, -0.2) is 35.8 Å². The molecule has 94 valence electrons. The van der Waals surface area contributed by atoms with Crippen molar-refractivity contribution < 1.29 is 0 Å². The highest BCUT2D eigenvalue weighted by atomic mass is 32.2. The third kappa shape index (κ3) is 5.24. The Morgan fingerprint density at radius 2 is 2.24 bits per heavy atom. The Morgan fingerprint density at radius 3 is 2.88 bits per heavy atom. The molecule has 1 rings (SSSR count). The molecule has 0 fully saturated rings. The molecule has 1 aromatic carbocycles. The van der Waals surface area contributed by atoms with Crippen LogP contribution in [0.1, 0.15) is 18.1 Å². The van der Waals surface area contributed by atoms with Gasteiger partial charge in [-0.05, 0) is 24.4 Å². The summed E-state index contributed by atoms with van der Waals surface area (Å²) in [6.45, 7) is 4.18. The molecule has 0 spiro atoms. The fraction of sp³-hybridized carbons (Fsp3) is 0.462. The molecule has 0 aliphatic rings. The van der Waals surface area contributed by atoms with Gasteiger partial charge in [-0.25, -0.2) is 0 Å². The van der Waals surface area contributed by atoms with E-state index < -0.39 is 0 Å². The average Bonchev–Trinajstić information content (AvgIpc) is 2.29. The molecule has 4 heteroatoms. The van der Waals surface area contributed by atoms with E-state index in [1.165, 1.54) is 17.1 Å². The van der Waals surface area contributed by atoms with Crippen molar-refractivity contribution in [3.63, 3.8) is 0 Å². The Morgan fingerprint density at radius 1 is 1.47 bits per heavy atom. The van der Waals surface area contributed by atoms with Crippen LogP contribution in [-0.2, 0) is 6.54 Å². The molecule has 0 saturated heterocycles. The number of thioether (sulfide) groups is 1. The Kier molecular flexibility index (Phi) is 6.08. The first-order valence-electron chi connectivity index (χ1n) is 5.83. The van der Waals surface area contributed by atoms with Crippen molar-refractivity contribution in [2.24, 2.45) is 5.73 Å². The summed E-state index contributed by atoms with van der Waals surface area (Å²) in [6.07, 6.45) is 0. The fourth-order valence-corrected chi connectivity index (χ4v) is 2.32. The van der Waals surface area contributed by atoms with Crippen LogP contribution in [0.5, 0.6) is 0 Å². The number of nitrogen functional groups attached to an aromatic ring is 1. The van der Waals surface area contributed by atoms with Gasteiger partial charge in [-0.1, -0.05) is 25.1 Å². The lowest BCUT2D eigenvalue weighted by molar-refractivity contribution is 0.348. The van der Waals surface area contributed by atoms with Crippen LogP contribution in [0.2, 0.25) is 0 Å². The SMILES string of the molecule is CCSCCN(C)Cc1cccc(C(=N)N)c1. The average molecular weight is 251 g/mol. The smallest absolute Gasteiger partial charge is 0.122 e. The summed E-state index contributed by atoms with van der Waals surface area (Å²) < 4.78 is 0. The van der Waals surface area contributed by atoms with Crippen molar-refractivity contribution in [3.05, 3.63) is 35.4 Å². The number of hydrogen-bond donors (Lipinski definition) is 2. The van der Waals surface area contributed by atoms with E-state index in [-0.39, 0.29) is 5.84 Å². The van der Waals surface area contributed by atoms with E-state index in [0.29, 0.717) is 0 Å². The van der Waals surface area contributed by atoms with Gasteiger partial charge in [-0.3, -0.25) is 5.41 Å². The highest BCUT2D eigenvalue weighted by molar-refractivity contribution is 7.99. The third-order valence-electron chi connectivity index (χ3n) is 2.51. The molecule has 0 atom stereocenters. The summed E-state index contributed by atoms with van der Waals surface area (Å²) in [7, 11) is 2.12. The van der Waals surface area contributed by atoms with Crippen molar-refractivity contribution in [1.29, 1.82) is 5.41 Å². The molecule has 0 unspecified atom stereocenters. The zero-order valence-electron chi connectivity index (χ0n) is 10.6. The van der Waals surface area contributed by atoms with Gasteiger partial charge in [0.25, 0.3) is 0 Å². The normalized spacial score (nSPS) is 10.8. The minimum absolute atomic E-state index is 0.135. The van der Waals surface area contributed by atoms with Crippen molar-refractivity contribution in [1.82, 2.24) is 4.90 Å². The van der Waals surface area contributed by atoms with Crippen molar-refractivity contribution in [2.45, 2.75) is 13.5 Å². The van der Waals surface area contributed by atoms with E-state index in [1.54, 1.807) is 0 Å². The second-order valence-electron chi connectivity index (χ2n) is 4.05. The number of benzene rings is 1. The van der Waals surface area contributed by atoms with Gasteiger partial charge in [-0.15, -0.1) is 0 Å². The lowest BCUT2D eigenvalue weighted by atomic mass is 10.1. The van der Waals surface area contributed by atoms with Crippen LogP contribution < -0.4 is 5.73 Å². The predicted octanol–water partition coefficient (Wildman–Crippen LogP) is 2.16. The zero-order valence-corrected chi connectivity index (χ0v) is 11.4. The van der Waals surface area contributed by atoms with E-state index in [1.807, 2.05) is 30.0 Å².